The van der Waals surface area contributed by atoms with Crippen molar-refractivity contribution in [3.63, 3.8) is 0 Å². The number of ether oxygens (including phenoxy) is 2. The minimum absolute atomic E-state index is 0.0623. The smallest absolute Gasteiger partial charge is 0.373 e. The molecule has 0 spiro atoms. The number of hydrogen-bond donors (Lipinski definition) is 1. The van der Waals surface area contributed by atoms with Gasteiger partial charge in [-0.15, -0.1) is 11.3 Å². The van der Waals surface area contributed by atoms with Gasteiger partial charge in [0.15, 0.2) is 5.13 Å². The van der Waals surface area contributed by atoms with Crippen molar-refractivity contribution in [3.05, 3.63) is 74.8 Å². The van der Waals surface area contributed by atoms with Gasteiger partial charge in [0, 0.05) is 16.5 Å². The lowest BCUT2D eigenvalue weighted by Crippen LogP contribution is -2.11. The summed E-state index contributed by atoms with van der Waals surface area (Å²) in [5, 5.41) is 5.95. The third-order valence-corrected chi connectivity index (χ3v) is 5.51. The maximum atomic E-state index is 12.5. The van der Waals surface area contributed by atoms with Gasteiger partial charge in [0.25, 0.3) is 5.91 Å². The fourth-order valence-corrected chi connectivity index (χ4v) is 3.49. The predicted molar refractivity (Wildman–Crippen MR) is 119 cm³/mol. The van der Waals surface area contributed by atoms with Crippen molar-refractivity contribution in [3.8, 4) is 11.3 Å². The highest BCUT2D eigenvalue weighted by Crippen LogP contribution is 2.30. The van der Waals surface area contributed by atoms with E-state index < -0.39 is 5.97 Å². The maximum absolute atomic E-state index is 12.5. The van der Waals surface area contributed by atoms with Crippen LogP contribution < -0.4 is 5.32 Å². The molecule has 30 heavy (non-hydrogen) atoms. The number of methoxy groups -OCH3 is 2. The topological polar surface area (TPSA) is 77.5 Å². The van der Waals surface area contributed by atoms with E-state index in [1.165, 1.54) is 31.6 Å². The Hall–Kier alpha value is -2.87. The largest absolute Gasteiger partial charge is 0.490 e. The van der Waals surface area contributed by atoms with Crippen LogP contribution in [0.4, 0.5) is 5.13 Å². The molecule has 0 atom stereocenters. The summed E-state index contributed by atoms with van der Waals surface area (Å²) in [5.41, 5.74) is 2.61. The molecule has 0 saturated heterocycles. The fraction of sp³-hybridized carbons (Fsp3) is 0.0952. The van der Waals surface area contributed by atoms with Crippen LogP contribution in [0.5, 0.6) is 0 Å². The summed E-state index contributed by atoms with van der Waals surface area (Å²) in [6.45, 7) is 0. The molecule has 6 nitrogen and oxygen atoms in total. The SMILES string of the molecule is COC(=O)/C(=C/c1ccc(C(=O)Nc2nc(-c3ccc(Cl)c(Cl)c3)cs2)cc1)OC. The van der Waals surface area contributed by atoms with Crippen LogP contribution in [0.15, 0.2) is 53.6 Å². The van der Waals surface area contributed by atoms with E-state index in [1.54, 1.807) is 36.4 Å². The van der Waals surface area contributed by atoms with Gasteiger partial charge in [-0.05, 0) is 35.9 Å². The summed E-state index contributed by atoms with van der Waals surface area (Å²) >= 11 is 13.3. The molecule has 1 N–H and O–H groups in total. The van der Waals surface area contributed by atoms with Crippen LogP contribution in [-0.4, -0.2) is 31.1 Å². The fourth-order valence-electron chi connectivity index (χ4n) is 2.47. The molecule has 154 valence electrons. The summed E-state index contributed by atoms with van der Waals surface area (Å²) in [5.74, 6) is -0.825. The molecule has 0 bridgehead atoms. The van der Waals surface area contributed by atoms with Gasteiger partial charge in [-0.25, -0.2) is 9.78 Å². The number of rotatable bonds is 6. The molecule has 2 aromatic carbocycles. The van der Waals surface area contributed by atoms with Gasteiger partial charge >= 0.3 is 5.97 Å². The first kappa shape index (κ1) is 21.8. The summed E-state index contributed by atoms with van der Waals surface area (Å²) in [6.07, 6.45) is 1.53. The number of nitrogens with one attached hydrogen (secondary N) is 1. The Bertz CT molecular complexity index is 1110. The highest BCUT2D eigenvalue weighted by Gasteiger charge is 2.12. The lowest BCUT2D eigenvalue weighted by molar-refractivity contribution is -0.139. The first-order valence-corrected chi connectivity index (χ1v) is 10.2. The van der Waals surface area contributed by atoms with Gasteiger partial charge in [0.05, 0.1) is 30.0 Å². The predicted octanol–water partition coefficient (Wildman–Crippen LogP) is 5.53. The van der Waals surface area contributed by atoms with Crippen molar-refractivity contribution in [2.24, 2.45) is 0 Å². The van der Waals surface area contributed by atoms with E-state index >= 15 is 0 Å². The van der Waals surface area contributed by atoms with Crippen molar-refractivity contribution in [1.29, 1.82) is 0 Å². The highest BCUT2D eigenvalue weighted by atomic mass is 35.5. The molecule has 1 amide bonds. The molecule has 0 aliphatic carbocycles. The van der Waals surface area contributed by atoms with Crippen LogP contribution >= 0.6 is 34.5 Å². The zero-order valence-electron chi connectivity index (χ0n) is 15.9. The molecule has 3 rings (SSSR count). The van der Waals surface area contributed by atoms with Crippen LogP contribution in [0.2, 0.25) is 10.0 Å². The molecule has 3 aromatic rings. The van der Waals surface area contributed by atoms with Crippen molar-refractivity contribution in [1.82, 2.24) is 4.98 Å². The monoisotopic (exact) mass is 462 g/mol. The zero-order chi connectivity index (χ0) is 21.7. The van der Waals surface area contributed by atoms with E-state index in [-0.39, 0.29) is 11.7 Å². The van der Waals surface area contributed by atoms with Crippen molar-refractivity contribution in [2.75, 3.05) is 19.5 Å². The van der Waals surface area contributed by atoms with Crippen molar-refractivity contribution in [2.45, 2.75) is 0 Å². The van der Waals surface area contributed by atoms with Crippen molar-refractivity contribution >= 4 is 57.6 Å². The third kappa shape index (κ3) is 5.18. The lowest BCUT2D eigenvalue weighted by Gasteiger charge is -2.05. The second kappa shape index (κ2) is 9.75. The molecular formula is C21H16Cl2N2O4S. The average Bonchev–Trinajstić information content (AvgIpc) is 3.22. The Morgan fingerprint density at radius 3 is 2.40 bits per heavy atom. The van der Waals surface area contributed by atoms with E-state index in [9.17, 15) is 9.59 Å². The number of amides is 1. The molecule has 1 aromatic heterocycles. The summed E-state index contributed by atoms with van der Waals surface area (Å²) in [6, 6.07) is 11.9. The number of aromatic nitrogens is 1. The maximum Gasteiger partial charge on any atom is 0.373 e. The number of benzene rings is 2. The molecule has 0 aliphatic rings. The normalized spacial score (nSPS) is 11.1. The Balaban J connectivity index is 1.71. The Kier molecular flexibility index (Phi) is 7.10. The van der Waals surface area contributed by atoms with Crippen LogP contribution in [0.25, 0.3) is 17.3 Å². The van der Waals surface area contributed by atoms with Gasteiger partial charge < -0.3 is 9.47 Å². The number of carbonyl (C=O) groups is 2. The first-order valence-electron chi connectivity index (χ1n) is 8.57. The second-order valence-electron chi connectivity index (χ2n) is 5.95. The van der Waals surface area contributed by atoms with Crippen LogP contribution in [0.1, 0.15) is 15.9 Å². The van der Waals surface area contributed by atoms with Gasteiger partial charge in [-0.3, -0.25) is 10.1 Å². The number of hydrogen-bond acceptors (Lipinski definition) is 6. The number of anilines is 1. The summed E-state index contributed by atoms with van der Waals surface area (Å²) in [4.78, 5) is 28.5. The minimum atomic E-state index is -0.583. The van der Waals surface area contributed by atoms with Gasteiger partial charge in [-0.1, -0.05) is 41.4 Å². The molecule has 0 saturated carbocycles. The third-order valence-electron chi connectivity index (χ3n) is 4.02. The standard InChI is InChI=1S/C21H16Cl2N2O4S/c1-28-18(20(27)29-2)9-12-3-5-13(6-4-12)19(26)25-21-24-17(11-30-21)14-7-8-15(22)16(23)10-14/h3-11H,1-2H3,(H,24,25,26)/b18-9-. The van der Waals surface area contributed by atoms with Crippen LogP contribution in [0, 0.1) is 0 Å². The number of thiazole rings is 1. The van der Waals surface area contributed by atoms with Crippen molar-refractivity contribution < 1.29 is 19.1 Å². The van der Waals surface area contributed by atoms with Crippen LogP contribution in [0.3, 0.4) is 0 Å². The van der Waals surface area contributed by atoms with E-state index in [0.29, 0.717) is 32.0 Å². The van der Waals surface area contributed by atoms with Crippen LogP contribution in [-0.2, 0) is 14.3 Å². The summed E-state index contributed by atoms with van der Waals surface area (Å²) in [7, 11) is 2.65. The average molecular weight is 463 g/mol. The van der Waals surface area contributed by atoms with E-state index in [1.807, 2.05) is 11.4 Å². The van der Waals surface area contributed by atoms with E-state index in [2.05, 4.69) is 15.0 Å². The van der Waals surface area contributed by atoms with Gasteiger partial charge in [-0.2, -0.15) is 0 Å². The molecule has 9 heteroatoms. The Labute approximate surface area is 187 Å². The lowest BCUT2D eigenvalue weighted by atomic mass is 10.1. The molecular weight excluding hydrogens is 447 g/mol. The quantitative estimate of drug-likeness (QED) is 0.296. The molecule has 1 heterocycles. The Morgan fingerprint density at radius 2 is 1.77 bits per heavy atom. The first-order chi connectivity index (χ1) is 14.4. The van der Waals surface area contributed by atoms with E-state index in [4.69, 9.17) is 27.9 Å². The Morgan fingerprint density at radius 1 is 1.03 bits per heavy atom. The molecule has 0 fully saturated rings. The number of esters is 1. The summed E-state index contributed by atoms with van der Waals surface area (Å²) < 4.78 is 9.64. The molecule has 0 aliphatic heterocycles. The highest BCUT2D eigenvalue weighted by molar-refractivity contribution is 7.14. The minimum Gasteiger partial charge on any atom is -0.490 e. The second-order valence-corrected chi connectivity index (χ2v) is 7.62. The zero-order valence-corrected chi connectivity index (χ0v) is 18.3. The van der Waals surface area contributed by atoms with Gasteiger partial charge in [0.2, 0.25) is 5.76 Å². The number of carbonyl (C=O) groups excluding carboxylic acids is 2. The van der Waals surface area contributed by atoms with Gasteiger partial charge in [0.1, 0.15) is 0 Å². The molecule has 0 unspecified atom stereocenters. The number of nitrogens with zero attached hydrogens (tertiary/aromatic N) is 1. The number of halogens is 2. The van der Waals surface area contributed by atoms with E-state index in [0.717, 1.165) is 5.56 Å². The molecule has 0 radical (unpaired) electrons.